The Morgan fingerprint density at radius 2 is 2.03 bits per heavy atom. The number of carbonyl (C=O) groups excluding carboxylic acids is 1. The molecule has 7 heteroatoms. The van der Waals surface area contributed by atoms with E-state index in [9.17, 15) is 4.79 Å². The standard InChI is InChI=1S/C22H28N6O/c1-15(2)21-25-24-20-9-8-17(13-28(20)21)23-22(29)26-10-5-11-27-18(14-26)12-16-6-3-4-7-19(16)27/h3-4,6-7,12,15,17H,5,8-11,13-14H2,1-2H3,(H,23,29). The van der Waals surface area contributed by atoms with Gasteiger partial charge in [0.25, 0.3) is 0 Å². The summed E-state index contributed by atoms with van der Waals surface area (Å²) in [4.78, 5) is 15.0. The van der Waals surface area contributed by atoms with Gasteiger partial charge in [0.2, 0.25) is 0 Å². The Kier molecular flexibility index (Phi) is 4.53. The van der Waals surface area contributed by atoms with Gasteiger partial charge in [-0.1, -0.05) is 32.0 Å². The molecule has 0 saturated carbocycles. The summed E-state index contributed by atoms with van der Waals surface area (Å²) in [6.07, 6.45) is 2.74. The van der Waals surface area contributed by atoms with Crippen LogP contribution < -0.4 is 5.32 Å². The number of amides is 2. The molecule has 0 bridgehead atoms. The van der Waals surface area contributed by atoms with E-state index in [-0.39, 0.29) is 12.1 Å². The fourth-order valence-electron chi connectivity index (χ4n) is 4.69. The highest BCUT2D eigenvalue weighted by Gasteiger charge is 2.27. The summed E-state index contributed by atoms with van der Waals surface area (Å²) < 4.78 is 4.56. The maximum absolute atomic E-state index is 13.1. The van der Waals surface area contributed by atoms with Crippen LogP contribution in [0.3, 0.4) is 0 Å². The van der Waals surface area contributed by atoms with Crippen LogP contribution in [0.2, 0.25) is 0 Å². The van der Waals surface area contributed by atoms with E-state index < -0.39 is 0 Å². The fourth-order valence-corrected chi connectivity index (χ4v) is 4.69. The van der Waals surface area contributed by atoms with Crippen molar-refractivity contribution in [1.29, 1.82) is 0 Å². The molecule has 4 heterocycles. The molecule has 1 unspecified atom stereocenters. The van der Waals surface area contributed by atoms with Crippen LogP contribution in [0, 0.1) is 0 Å². The van der Waals surface area contributed by atoms with Gasteiger partial charge in [0.1, 0.15) is 11.6 Å². The molecule has 0 fully saturated rings. The summed E-state index contributed by atoms with van der Waals surface area (Å²) in [5.41, 5.74) is 2.48. The van der Waals surface area contributed by atoms with Gasteiger partial charge < -0.3 is 19.4 Å². The maximum atomic E-state index is 13.1. The first-order valence-corrected chi connectivity index (χ1v) is 10.6. The molecular formula is C22H28N6O. The minimum Gasteiger partial charge on any atom is -0.343 e. The molecule has 2 aliphatic heterocycles. The minimum atomic E-state index is 0.0383. The lowest BCUT2D eigenvalue weighted by Crippen LogP contribution is -2.47. The number of benzene rings is 1. The van der Waals surface area contributed by atoms with Crippen molar-refractivity contribution in [2.24, 2.45) is 0 Å². The van der Waals surface area contributed by atoms with Gasteiger partial charge in [-0.3, -0.25) is 0 Å². The third-order valence-electron chi connectivity index (χ3n) is 6.17. The number of hydrogen-bond donors (Lipinski definition) is 1. The van der Waals surface area contributed by atoms with Crippen molar-refractivity contribution in [3.05, 3.63) is 47.7 Å². The molecule has 152 valence electrons. The SMILES string of the molecule is CC(C)c1nnc2n1CC(NC(=O)N1CCCn3c(cc4ccccc43)C1)CC2. The summed E-state index contributed by atoms with van der Waals surface area (Å²) in [5.74, 6) is 2.38. The average molecular weight is 393 g/mol. The highest BCUT2D eigenvalue weighted by Crippen LogP contribution is 2.24. The first-order valence-electron chi connectivity index (χ1n) is 10.6. The van der Waals surface area contributed by atoms with E-state index in [0.29, 0.717) is 12.5 Å². The zero-order valence-corrected chi connectivity index (χ0v) is 17.1. The molecule has 2 aliphatic rings. The van der Waals surface area contributed by atoms with Gasteiger partial charge in [0.05, 0.1) is 6.54 Å². The number of rotatable bonds is 2. The number of hydrogen-bond acceptors (Lipinski definition) is 3. The minimum absolute atomic E-state index is 0.0383. The summed E-state index contributed by atoms with van der Waals surface area (Å²) in [5, 5.41) is 13.2. The second kappa shape index (κ2) is 7.21. The quantitative estimate of drug-likeness (QED) is 0.728. The predicted molar refractivity (Wildman–Crippen MR) is 112 cm³/mol. The van der Waals surface area contributed by atoms with E-state index in [4.69, 9.17) is 0 Å². The highest BCUT2D eigenvalue weighted by atomic mass is 16.2. The van der Waals surface area contributed by atoms with Crippen molar-refractivity contribution >= 4 is 16.9 Å². The molecule has 7 nitrogen and oxygen atoms in total. The van der Waals surface area contributed by atoms with Crippen molar-refractivity contribution in [3.63, 3.8) is 0 Å². The number of urea groups is 1. The number of aryl methyl sites for hydroxylation is 2. The molecule has 0 spiro atoms. The molecule has 2 aromatic heterocycles. The van der Waals surface area contributed by atoms with Crippen LogP contribution in [0.1, 0.15) is 49.9 Å². The lowest BCUT2D eigenvalue weighted by Gasteiger charge is -2.29. The summed E-state index contributed by atoms with van der Waals surface area (Å²) >= 11 is 0. The van der Waals surface area contributed by atoms with E-state index in [1.165, 1.54) is 16.6 Å². The van der Waals surface area contributed by atoms with E-state index in [1.54, 1.807) is 0 Å². The van der Waals surface area contributed by atoms with E-state index in [1.807, 2.05) is 4.90 Å². The summed E-state index contributed by atoms with van der Waals surface area (Å²) in [7, 11) is 0. The number of fused-ring (bicyclic) bond motifs is 4. The van der Waals surface area contributed by atoms with Crippen LogP contribution >= 0.6 is 0 Å². The topological polar surface area (TPSA) is 68.0 Å². The molecule has 2 amide bonds. The molecule has 1 atom stereocenters. The number of para-hydroxylation sites is 1. The maximum Gasteiger partial charge on any atom is 0.318 e. The van der Waals surface area contributed by atoms with Crippen LogP contribution in [0.4, 0.5) is 4.79 Å². The number of carbonyl (C=O) groups is 1. The average Bonchev–Trinajstić information content (AvgIpc) is 3.22. The number of aromatic nitrogens is 4. The number of nitrogens with zero attached hydrogens (tertiary/aromatic N) is 5. The Morgan fingerprint density at radius 3 is 2.90 bits per heavy atom. The largest absolute Gasteiger partial charge is 0.343 e. The Labute approximate surface area is 170 Å². The monoisotopic (exact) mass is 392 g/mol. The van der Waals surface area contributed by atoms with Crippen molar-refractivity contribution in [2.75, 3.05) is 6.54 Å². The molecule has 5 rings (SSSR count). The van der Waals surface area contributed by atoms with Gasteiger partial charge in [-0.2, -0.15) is 0 Å². The first kappa shape index (κ1) is 18.2. The van der Waals surface area contributed by atoms with Gasteiger partial charge in [-0.15, -0.1) is 10.2 Å². The van der Waals surface area contributed by atoms with Gasteiger partial charge in [-0.05, 0) is 30.4 Å². The van der Waals surface area contributed by atoms with Crippen LogP contribution in [-0.4, -0.2) is 42.8 Å². The van der Waals surface area contributed by atoms with Crippen LogP contribution in [0.5, 0.6) is 0 Å². The Balaban J connectivity index is 1.30. The van der Waals surface area contributed by atoms with Crippen LogP contribution in [0.25, 0.3) is 10.9 Å². The molecule has 1 N–H and O–H groups in total. The second-order valence-corrected chi connectivity index (χ2v) is 8.55. The Morgan fingerprint density at radius 1 is 1.17 bits per heavy atom. The molecule has 3 aromatic rings. The third-order valence-corrected chi connectivity index (χ3v) is 6.17. The predicted octanol–water partition coefficient (Wildman–Crippen LogP) is 3.29. The highest BCUT2D eigenvalue weighted by molar-refractivity contribution is 5.82. The first-order chi connectivity index (χ1) is 14.1. The molecule has 29 heavy (non-hydrogen) atoms. The second-order valence-electron chi connectivity index (χ2n) is 8.55. The van der Waals surface area contributed by atoms with E-state index >= 15 is 0 Å². The van der Waals surface area contributed by atoms with Gasteiger partial charge in [-0.25, -0.2) is 4.79 Å². The van der Waals surface area contributed by atoms with Gasteiger partial charge in [0, 0.05) is 49.2 Å². The van der Waals surface area contributed by atoms with Crippen LogP contribution in [-0.2, 0) is 26.1 Å². The van der Waals surface area contributed by atoms with Crippen LogP contribution in [0.15, 0.2) is 30.3 Å². The van der Waals surface area contributed by atoms with Crippen molar-refractivity contribution in [3.8, 4) is 0 Å². The molecule has 0 aliphatic carbocycles. The Bertz CT molecular complexity index is 1050. The fraction of sp³-hybridized carbons (Fsp3) is 0.500. The lowest BCUT2D eigenvalue weighted by atomic mass is 10.1. The van der Waals surface area contributed by atoms with Gasteiger partial charge in [0.15, 0.2) is 0 Å². The van der Waals surface area contributed by atoms with E-state index in [2.05, 4.69) is 68.8 Å². The molecule has 0 saturated heterocycles. The zero-order chi connectivity index (χ0) is 20.0. The third kappa shape index (κ3) is 3.28. The number of nitrogens with one attached hydrogen (secondary N) is 1. The Hall–Kier alpha value is -2.83. The smallest absolute Gasteiger partial charge is 0.318 e. The van der Waals surface area contributed by atoms with Crippen molar-refractivity contribution < 1.29 is 4.79 Å². The molecular weight excluding hydrogens is 364 g/mol. The molecule has 0 radical (unpaired) electrons. The summed E-state index contributed by atoms with van der Waals surface area (Å²) in [6.45, 7) is 7.42. The van der Waals surface area contributed by atoms with Gasteiger partial charge >= 0.3 is 6.03 Å². The molecule has 1 aromatic carbocycles. The zero-order valence-electron chi connectivity index (χ0n) is 17.1. The van der Waals surface area contributed by atoms with Crippen molar-refractivity contribution in [1.82, 2.24) is 29.5 Å². The van der Waals surface area contributed by atoms with Crippen molar-refractivity contribution in [2.45, 2.75) is 64.7 Å². The summed E-state index contributed by atoms with van der Waals surface area (Å²) in [6, 6.07) is 10.8. The van der Waals surface area contributed by atoms with E-state index in [0.717, 1.165) is 50.5 Å². The lowest BCUT2D eigenvalue weighted by molar-refractivity contribution is 0.188. The normalized spacial score (nSPS) is 19.1.